The van der Waals surface area contributed by atoms with Crippen molar-refractivity contribution in [1.82, 2.24) is 0 Å². The van der Waals surface area contributed by atoms with Crippen LogP contribution < -0.4 is 4.74 Å². The third kappa shape index (κ3) is 3.92. The first-order valence-electron chi connectivity index (χ1n) is 9.46. The zero-order chi connectivity index (χ0) is 21.1. The molecule has 0 radical (unpaired) electrons. The van der Waals surface area contributed by atoms with Crippen LogP contribution in [0.1, 0.15) is 48.5 Å². The van der Waals surface area contributed by atoms with Gasteiger partial charge in [0.15, 0.2) is 20.4 Å². The van der Waals surface area contributed by atoms with Crippen LogP contribution in [0, 0.1) is 0 Å². The van der Waals surface area contributed by atoms with Gasteiger partial charge in [-0.05, 0) is 50.1 Å². The van der Waals surface area contributed by atoms with E-state index in [1.54, 1.807) is 36.4 Å². The number of hydrogen-bond acceptors (Lipinski definition) is 6. The summed E-state index contributed by atoms with van der Waals surface area (Å²) in [6.07, 6.45) is 1.75. The van der Waals surface area contributed by atoms with E-state index in [2.05, 4.69) is 0 Å². The Hall–Kier alpha value is -2.67. The largest absolute Gasteiger partial charge is 0.496 e. The second kappa shape index (κ2) is 8.37. The summed E-state index contributed by atoms with van der Waals surface area (Å²) in [5, 5.41) is 0. The maximum Gasteiger partial charge on any atom is 0.328 e. The first-order valence-corrected chi connectivity index (χ1v) is 10.9. The molecule has 0 unspecified atom stereocenters. The van der Waals surface area contributed by atoms with Gasteiger partial charge in [-0.15, -0.1) is 0 Å². The highest BCUT2D eigenvalue weighted by Crippen LogP contribution is 2.41. The van der Waals surface area contributed by atoms with Gasteiger partial charge in [0.05, 0.1) is 12.0 Å². The Morgan fingerprint density at radius 3 is 2.28 bits per heavy atom. The molecule has 0 N–H and O–H groups in total. The van der Waals surface area contributed by atoms with E-state index in [0.29, 0.717) is 29.7 Å². The Labute approximate surface area is 170 Å². The SMILES string of the molecule is COc1ccc(C(C)=O)cc1COC(=O)C1(S(=O)(=O)c2ccccc2)CCCC1. The molecule has 0 spiro atoms. The lowest BCUT2D eigenvalue weighted by Gasteiger charge is -2.26. The van der Waals surface area contributed by atoms with Gasteiger partial charge < -0.3 is 9.47 Å². The molecule has 1 aliphatic rings. The first kappa shape index (κ1) is 21.0. The third-order valence-electron chi connectivity index (χ3n) is 5.40. The van der Waals surface area contributed by atoms with Crippen molar-refractivity contribution in [2.24, 2.45) is 0 Å². The van der Waals surface area contributed by atoms with Gasteiger partial charge in [-0.1, -0.05) is 31.0 Å². The first-order chi connectivity index (χ1) is 13.8. The molecule has 6 nitrogen and oxygen atoms in total. The standard InChI is InChI=1S/C22H24O6S/c1-16(23)17-10-11-20(27-2)18(14-17)15-28-21(24)22(12-6-7-13-22)29(25,26)19-8-4-3-5-9-19/h3-5,8-11,14H,6-7,12-13,15H2,1-2H3. The van der Waals surface area contributed by atoms with E-state index in [0.717, 1.165) is 0 Å². The van der Waals surface area contributed by atoms with Crippen LogP contribution in [-0.4, -0.2) is 32.0 Å². The summed E-state index contributed by atoms with van der Waals surface area (Å²) in [5.74, 6) is -0.414. The van der Waals surface area contributed by atoms with Crippen LogP contribution in [0.3, 0.4) is 0 Å². The summed E-state index contributed by atoms with van der Waals surface area (Å²) in [4.78, 5) is 24.8. The molecule has 29 heavy (non-hydrogen) atoms. The van der Waals surface area contributed by atoms with Crippen molar-refractivity contribution in [2.45, 2.75) is 48.9 Å². The Bertz CT molecular complexity index is 1000. The Morgan fingerprint density at radius 2 is 1.69 bits per heavy atom. The monoisotopic (exact) mass is 416 g/mol. The normalized spacial score (nSPS) is 15.7. The van der Waals surface area contributed by atoms with E-state index < -0.39 is 20.6 Å². The molecule has 2 aromatic rings. The van der Waals surface area contributed by atoms with Crippen molar-refractivity contribution in [3.63, 3.8) is 0 Å². The zero-order valence-electron chi connectivity index (χ0n) is 16.5. The number of carbonyl (C=O) groups excluding carboxylic acids is 2. The van der Waals surface area contributed by atoms with Crippen LogP contribution in [0.5, 0.6) is 5.75 Å². The summed E-state index contributed by atoms with van der Waals surface area (Å²) in [5.41, 5.74) is 0.975. The smallest absolute Gasteiger partial charge is 0.328 e. The van der Waals surface area contributed by atoms with Gasteiger partial charge in [-0.25, -0.2) is 8.42 Å². The minimum Gasteiger partial charge on any atom is -0.496 e. The maximum atomic E-state index is 13.3. The Morgan fingerprint density at radius 1 is 1.03 bits per heavy atom. The Balaban J connectivity index is 1.89. The van der Waals surface area contributed by atoms with E-state index in [4.69, 9.17) is 9.47 Å². The second-order valence-corrected chi connectivity index (χ2v) is 9.44. The van der Waals surface area contributed by atoms with Gasteiger partial charge in [-0.2, -0.15) is 0 Å². The fraction of sp³-hybridized carbons (Fsp3) is 0.364. The lowest BCUT2D eigenvalue weighted by Crippen LogP contribution is -2.45. The topological polar surface area (TPSA) is 86.7 Å². The molecule has 0 amide bonds. The number of rotatable bonds is 7. The highest BCUT2D eigenvalue weighted by atomic mass is 32.2. The van der Waals surface area contributed by atoms with Gasteiger partial charge in [0.2, 0.25) is 0 Å². The number of benzene rings is 2. The zero-order valence-corrected chi connectivity index (χ0v) is 17.3. The number of sulfone groups is 1. The molecule has 0 bridgehead atoms. The number of carbonyl (C=O) groups is 2. The maximum absolute atomic E-state index is 13.3. The molecule has 0 saturated heterocycles. The molecule has 3 rings (SSSR count). The van der Waals surface area contributed by atoms with Gasteiger partial charge in [0.1, 0.15) is 12.4 Å². The summed E-state index contributed by atoms with van der Waals surface area (Å²) in [7, 11) is -2.42. The average molecular weight is 416 g/mol. The van der Waals surface area contributed by atoms with Gasteiger partial charge in [0, 0.05) is 11.1 Å². The average Bonchev–Trinajstić information content (AvgIpc) is 3.24. The van der Waals surface area contributed by atoms with E-state index >= 15 is 0 Å². The molecule has 7 heteroatoms. The van der Waals surface area contributed by atoms with Crippen LogP contribution in [0.2, 0.25) is 0 Å². The predicted octanol–water partition coefficient (Wildman–Crippen LogP) is 3.73. The van der Waals surface area contributed by atoms with Crippen molar-refractivity contribution < 1.29 is 27.5 Å². The fourth-order valence-electron chi connectivity index (χ4n) is 3.74. The van der Waals surface area contributed by atoms with E-state index in [1.807, 2.05) is 0 Å². The summed E-state index contributed by atoms with van der Waals surface area (Å²) in [6.45, 7) is 1.27. The van der Waals surface area contributed by atoms with Crippen molar-refractivity contribution in [3.8, 4) is 5.75 Å². The van der Waals surface area contributed by atoms with Crippen molar-refractivity contribution in [3.05, 3.63) is 59.7 Å². The molecule has 0 atom stereocenters. The molecule has 0 aliphatic heterocycles. The minimum absolute atomic E-state index is 0.120. The molecule has 2 aromatic carbocycles. The van der Waals surface area contributed by atoms with E-state index in [9.17, 15) is 18.0 Å². The van der Waals surface area contributed by atoms with E-state index in [-0.39, 0.29) is 30.1 Å². The highest BCUT2D eigenvalue weighted by molar-refractivity contribution is 7.93. The number of Topliss-reactive ketones (excluding diaryl/α,β-unsaturated/α-hetero) is 1. The molecule has 0 heterocycles. The fourth-order valence-corrected chi connectivity index (χ4v) is 5.81. The molecular formula is C22H24O6S. The van der Waals surface area contributed by atoms with Crippen molar-refractivity contribution in [1.29, 1.82) is 0 Å². The van der Waals surface area contributed by atoms with Gasteiger partial charge in [0.25, 0.3) is 0 Å². The van der Waals surface area contributed by atoms with Crippen molar-refractivity contribution >= 4 is 21.6 Å². The number of methoxy groups -OCH3 is 1. The van der Waals surface area contributed by atoms with Gasteiger partial charge >= 0.3 is 5.97 Å². The van der Waals surface area contributed by atoms with Gasteiger partial charge in [-0.3, -0.25) is 9.59 Å². The van der Waals surface area contributed by atoms with Crippen LogP contribution in [0.25, 0.3) is 0 Å². The molecule has 0 aromatic heterocycles. The van der Waals surface area contributed by atoms with Crippen LogP contribution in [0.15, 0.2) is 53.4 Å². The third-order valence-corrected chi connectivity index (χ3v) is 7.89. The molecular weight excluding hydrogens is 392 g/mol. The summed E-state index contributed by atoms with van der Waals surface area (Å²) in [6, 6.07) is 12.9. The Kier molecular flexibility index (Phi) is 6.07. The molecule has 154 valence electrons. The second-order valence-electron chi connectivity index (χ2n) is 7.18. The number of hydrogen-bond donors (Lipinski definition) is 0. The molecule has 1 fully saturated rings. The summed E-state index contributed by atoms with van der Waals surface area (Å²) < 4.78 is 35.8. The number of esters is 1. The van der Waals surface area contributed by atoms with Crippen molar-refractivity contribution in [2.75, 3.05) is 7.11 Å². The number of ketones is 1. The van der Waals surface area contributed by atoms with E-state index in [1.165, 1.54) is 26.2 Å². The lowest BCUT2D eigenvalue weighted by atomic mass is 10.1. The highest BCUT2D eigenvalue weighted by Gasteiger charge is 2.54. The van der Waals surface area contributed by atoms with Crippen LogP contribution in [-0.2, 0) is 26.0 Å². The summed E-state index contributed by atoms with van der Waals surface area (Å²) >= 11 is 0. The molecule has 1 saturated carbocycles. The quantitative estimate of drug-likeness (QED) is 0.505. The van der Waals surface area contributed by atoms with Crippen LogP contribution >= 0.6 is 0 Å². The molecule has 1 aliphatic carbocycles. The lowest BCUT2D eigenvalue weighted by molar-refractivity contribution is -0.148. The predicted molar refractivity (Wildman–Crippen MR) is 108 cm³/mol. The van der Waals surface area contributed by atoms with Crippen LogP contribution in [0.4, 0.5) is 0 Å². The minimum atomic E-state index is -3.90. The number of ether oxygens (including phenoxy) is 2.